The molecule has 2 aromatic carbocycles. The van der Waals surface area contributed by atoms with E-state index < -0.39 is 12.4 Å². The number of anilines is 1. The molecule has 0 aliphatic rings. The molecule has 0 bridgehead atoms. The second-order valence-electron chi connectivity index (χ2n) is 7.47. The van der Waals surface area contributed by atoms with Crippen molar-refractivity contribution in [3.63, 3.8) is 0 Å². The van der Waals surface area contributed by atoms with Gasteiger partial charge in [-0.3, -0.25) is 0 Å². The molecule has 0 aromatic heterocycles. The molecule has 0 amide bonds. The fourth-order valence-corrected chi connectivity index (χ4v) is 2.80. The predicted octanol–water partition coefficient (Wildman–Crippen LogP) is 5.68. The van der Waals surface area contributed by atoms with Gasteiger partial charge < -0.3 is 14.4 Å². The van der Waals surface area contributed by atoms with Crippen molar-refractivity contribution in [3.8, 4) is 5.75 Å². The standard InChI is InChI=1S/C22H29NO3/c1-7-23(19-10-8-9-16(2)15-19)17(3)25-21(24)26-20-13-11-18(12-14-20)22(4,5)6/h8-15,17H,7H2,1-6H3. The first-order chi connectivity index (χ1) is 12.2. The van der Waals surface area contributed by atoms with Crippen molar-refractivity contribution in [1.29, 1.82) is 0 Å². The van der Waals surface area contributed by atoms with E-state index >= 15 is 0 Å². The second kappa shape index (κ2) is 8.26. The Bertz CT molecular complexity index is 732. The van der Waals surface area contributed by atoms with Crippen LogP contribution in [0.2, 0.25) is 0 Å². The molecule has 4 nitrogen and oxygen atoms in total. The second-order valence-corrected chi connectivity index (χ2v) is 7.47. The lowest BCUT2D eigenvalue weighted by molar-refractivity contribution is 0.0645. The summed E-state index contributed by atoms with van der Waals surface area (Å²) < 4.78 is 10.8. The lowest BCUT2D eigenvalue weighted by Crippen LogP contribution is -2.37. The van der Waals surface area contributed by atoms with Crippen molar-refractivity contribution in [2.45, 2.75) is 53.2 Å². The number of benzene rings is 2. The molecule has 2 aromatic rings. The van der Waals surface area contributed by atoms with E-state index in [9.17, 15) is 4.79 Å². The Morgan fingerprint density at radius 1 is 1.12 bits per heavy atom. The molecule has 0 saturated carbocycles. The number of carbonyl (C=O) groups excluding carboxylic acids is 1. The molecule has 0 saturated heterocycles. The van der Waals surface area contributed by atoms with E-state index in [-0.39, 0.29) is 5.41 Å². The number of aryl methyl sites for hydroxylation is 1. The van der Waals surface area contributed by atoms with Crippen molar-refractivity contribution in [1.82, 2.24) is 0 Å². The Hall–Kier alpha value is -2.49. The highest BCUT2D eigenvalue weighted by Gasteiger charge is 2.19. The van der Waals surface area contributed by atoms with Crippen LogP contribution in [-0.4, -0.2) is 18.9 Å². The summed E-state index contributed by atoms with van der Waals surface area (Å²) in [7, 11) is 0. The minimum Gasteiger partial charge on any atom is -0.410 e. The van der Waals surface area contributed by atoms with Crippen LogP contribution >= 0.6 is 0 Å². The van der Waals surface area contributed by atoms with Gasteiger partial charge in [0.25, 0.3) is 0 Å². The maximum absolute atomic E-state index is 12.2. The summed E-state index contributed by atoms with van der Waals surface area (Å²) in [5.41, 5.74) is 3.42. The Morgan fingerprint density at radius 3 is 2.31 bits per heavy atom. The minimum atomic E-state index is -0.702. The van der Waals surface area contributed by atoms with Gasteiger partial charge in [-0.1, -0.05) is 45.0 Å². The van der Waals surface area contributed by atoms with Crippen molar-refractivity contribution < 1.29 is 14.3 Å². The average molecular weight is 355 g/mol. The first kappa shape index (κ1) is 19.8. The zero-order chi connectivity index (χ0) is 19.3. The van der Waals surface area contributed by atoms with Gasteiger partial charge in [-0.2, -0.15) is 0 Å². The van der Waals surface area contributed by atoms with Crippen LogP contribution in [0.1, 0.15) is 45.7 Å². The Balaban J connectivity index is 1.99. The number of carbonyl (C=O) groups is 1. The lowest BCUT2D eigenvalue weighted by Gasteiger charge is -2.29. The molecule has 26 heavy (non-hydrogen) atoms. The largest absolute Gasteiger partial charge is 0.515 e. The molecule has 0 aliphatic heterocycles. The highest BCUT2D eigenvalue weighted by molar-refractivity contribution is 5.64. The van der Waals surface area contributed by atoms with Crippen LogP contribution in [0.4, 0.5) is 10.5 Å². The third-order valence-electron chi connectivity index (χ3n) is 4.30. The van der Waals surface area contributed by atoms with Crippen molar-refractivity contribution >= 4 is 11.8 Å². The van der Waals surface area contributed by atoms with E-state index in [1.807, 2.05) is 56.0 Å². The number of hydrogen-bond donors (Lipinski definition) is 0. The zero-order valence-corrected chi connectivity index (χ0v) is 16.6. The Labute approximate surface area is 156 Å². The van der Waals surface area contributed by atoms with Crippen molar-refractivity contribution in [2.24, 2.45) is 0 Å². The van der Waals surface area contributed by atoms with Crippen molar-refractivity contribution in [2.75, 3.05) is 11.4 Å². The molecule has 1 atom stereocenters. The van der Waals surface area contributed by atoms with Gasteiger partial charge in [-0.05, 0) is 61.6 Å². The molecule has 0 radical (unpaired) electrons. The Kier molecular flexibility index (Phi) is 6.30. The van der Waals surface area contributed by atoms with Gasteiger partial charge in [0.2, 0.25) is 0 Å². The van der Waals surface area contributed by atoms with E-state index in [0.717, 1.165) is 17.8 Å². The lowest BCUT2D eigenvalue weighted by atomic mass is 9.87. The van der Waals surface area contributed by atoms with E-state index in [1.165, 1.54) is 5.56 Å². The van der Waals surface area contributed by atoms with Crippen LogP contribution in [0.25, 0.3) is 0 Å². The van der Waals surface area contributed by atoms with Crippen LogP contribution < -0.4 is 9.64 Å². The van der Waals surface area contributed by atoms with Gasteiger partial charge in [0.1, 0.15) is 5.75 Å². The normalized spacial score (nSPS) is 12.4. The van der Waals surface area contributed by atoms with E-state index in [2.05, 4.69) is 26.8 Å². The molecule has 4 heteroatoms. The quantitative estimate of drug-likeness (QED) is 0.393. The highest BCUT2D eigenvalue weighted by atomic mass is 16.7. The molecule has 1 unspecified atom stereocenters. The summed E-state index contributed by atoms with van der Waals surface area (Å²) in [5, 5.41) is 0. The molecule has 2 rings (SSSR count). The van der Waals surface area contributed by atoms with E-state index in [0.29, 0.717) is 5.75 Å². The first-order valence-electron chi connectivity index (χ1n) is 9.03. The molecule has 0 spiro atoms. The molecule has 140 valence electrons. The molecule has 0 fully saturated rings. The third kappa shape index (κ3) is 5.25. The average Bonchev–Trinajstić information content (AvgIpc) is 2.55. The summed E-state index contributed by atoms with van der Waals surface area (Å²) in [5.74, 6) is 0.480. The Morgan fingerprint density at radius 2 is 1.77 bits per heavy atom. The monoisotopic (exact) mass is 355 g/mol. The SMILES string of the molecule is CCN(c1cccc(C)c1)C(C)OC(=O)Oc1ccc(C(C)(C)C)cc1. The van der Waals surface area contributed by atoms with Gasteiger partial charge in [-0.15, -0.1) is 0 Å². The topological polar surface area (TPSA) is 38.8 Å². The van der Waals surface area contributed by atoms with Crippen LogP contribution in [0.3, 0.4) is 0 Å². The number of nitrogens with zero attached hydrogens (tertiary/aromatic N) is 1. The fourth-order valence-electron chi connectivity index (χ4n) is 2.80. The van der Waals surface area contributed by atoms with Crippen LogP contribution in [0.15, 0.2) is 48.5 Å². The van der Waals surface area contributed by atoms with Crippen LogP contribution in [-0.2, 0) is 10.2 Å². The summed E-state index contributed by atoms with van der Waals surface area (Å²) in [4.78, 5) is 14.2. The van der Waals surface area contributed by atoms with Gasteiger partial charge >= 0.3 is 6.16 Å². The molecular formula is C22H29NO3. The number of ether oxygens (including phenoxy) is 2. The van der Waals surface area contributed by atoms with Gasteiger partial charge in [-0.25, -0.2) is 4.79 Å². The summed E-state index contributed by atoms with van der Waals surface area (Å²) in [6, 6.07) is 15.6. The third-order valence-corrected chi connectivity index (χ3v) is 4.30. The zero-order valence-electron chi connectivity index (χ0n) is 16.6. The number of hydrogen-bond acceptors (Lipinski definition) is 4. The number of rotatable bonds is 5. The fraction of sp³-hybridized carbons (Fsp3) is 0.409. The van der Waals surface area contributed by atoms with Gasteiger partial charge in [0.05, 0.1) is 0 Å². The highest BCUT2D eigenvalue weighted by Crippen LogP contribution is 2.25. The van der Waals surface area contributed by atoms with Gasteiger partial charge in [0, 0.05) is 12.2 Å². The molecule has 0 aliphatic carbocycles. The smallest absolute Gasteiger partial charge is 0.410 e. The van der Waals surface area contributed by atoms with Crippen molar-refractivity contribution in [3.05, 3.63) is 59.7 Å². The summed E-state index contributed by atoms with van der Waals surface area (Å²) in [6.45, 7) is 13.1. The predicted molar refractivity (Wildman–Crippen MR) is 106 cm³/mol. The molecule has 0 heterocycles. The maximum atomic E-state index is 12.2. The summed E-state index contributed by atoms with van der Waals surface area (Å²) >= 11 is 0. The van der Waals surface area contributed by atoms with Crippen LogP contribution in [0, 0.1) is 6.92 Å². The maximum Gasteiger partial charge on any atom is 0.515 e. The van der Waals surface area contributed by atoms with Crippen LogP contribution in [0.5, 0.6) is 5.75 Å². The molecule has 0 N–H and O–H groups in total. The van der Waals surface area contributed by atoms with E-state index in [1.54, 1.807) is 12.1 Å². The first-order valence-corrected chi connectivity index (χ1v) is 9.03. The minimum absolute atomic E-state index is 0.0585. The summed E-state index contributed by atoms with van der Waals surface area (Å²) in [6.07, 6.45) is -1.13. The molecular weight excluding hydrogens is 326 g/mol. The van der Waals surface area contributed by atoms with E-state index in [4.69, 9.17) is 9.47 Å². The van der Waals surface area contributed by atoms with Gasteiger partial charge in [0.15, 0.2) is 6.23 Å².